The second-order valence-electron chi connectivity index (χ2n) is 5.65. The van der Waals surface area contributed by atoms with Crippen LogP contribution in [0.1, 0.15) is 39.0 Å². The van der Waals surface area contributed by atoms with E-state index >= 15 is 0 Å². The van der Waals surface area contributed by atoms with Crippen LogP contribution in [-0.2, 0) is 4.79 Å². The summed E-state index contributed by atoms with van der Waals surface area (Å²) >= 11 is 0. The van der Waals surface area contributed by atoms with Crippen molar-refractivity contribution in [3.63, 3.8) is 0 Å². The summed E-state index contributed by atoms with van der Waals surface area (Å²) in [5.74, 6) is 1.00. The quantitative estimate of drug-likeness (QED) is 0.785. The highest BCUT2D eigenvalue weighted by molar-refractivity contribution is 5.76. The molecule has 2 N–H and O–H groups in total. The largest absolute Gasteiger partial charge is 0.356 e. The fraction of sp³-hybridized carbons (Fsp3) is 0.929. The number of carbonyl (C=O) groups excluding carboxylic acids is 1. The van der Waals surface area contributed by atoms with E-state index in [9.17, 15) is 4.79 Å². The minimum Gasteiger partial charge on any atom is -0.356 e. The Balaban J connectivity index is 1.87. The Labute approximate surface area is 110 Å². The average molecular weight is 253 g/mol. The van der Waals surface area contributed by atoms with E-state index in [-0.39, 0.29) is 5.91 Å². The SMILES string of the molecule is CCN(CC1CCCNC1)C1CCCNC(=O)C1. The van der Waals surface area contributed by atoms with Gasteiger partial charge in [0.2, 0.25) is 5.91 Å². The molecule has 104 valence electrons. The molecule has 0 aromatic heterocycles. The van der Waals surface area contributed by atoms with Crippen molar-refractivity contribution < 1.29 is 4.79 Å². The molecule has 0 aromatic rings. The maximum Gasteiger partial charge on any atom is 0.221 e. The third-order valence-electron chi connectivity index (χ3n) is 4.27. The van der Waals surface area contributed by atoms with Crippen molar-refractivity contribution in [3.05, 3.63) is 0 Å². The Hall–Kier alpha value is -0.610. The summed E-state index contributed by atoms with van der Waals surface area (Å²) in [4.78, 5) is 14.2. The van der Waals surface area contributed by atoms with Crippen molar-refractivity contribution in [2.45, 2.75) is 45.1 Å². The topological polar surface area (TPSA) is 44.4 Å². The Morgan fingerprint density at radius 1 is 1.28 bits per heavy atom. The minimum atomic E-state index is 0.234. The molecule has 4 nitrogen and oxygen atoms in total. The van der Waals surface area contributed by atoms with Crippen LogP contribution in [0.25, 0.3) is 0 Å². The number of piperidine rings is 1. The number of nitrogens with one attached hydrogen (secondary N) is 2. The Morgan fingerprint density at radius 3 is 2.83 bits per heavy atom. The molecule has 0 saturated carbocycles. The predicted molar refractivity (Wildman–Crippen MR) is 73.5 cm³/mol. The summed E-state index contributed by atoms with van der Waals surface area (Å²) in [5, 5.41) is 6.46. The van der Waals surface area contributed by atoms with Gasteiger partial charge >= 0.3 is 0 Å². The number of amides is 1. The summed E-state index contributed by atoms with van der Waals surface area (Å²) in [6.07, 6.45) is 5.60. The van der Waals surface area contributed by atoms with E-state index in [1.807, 2.05) is 0 Å². The molecule has 1 amide bonds. The predicted octanol–water partition coefficient (Wildman–Crippen LogP) is 0.977. The number of hydrogen-bond acceptors (Lipinski definition) is 3. The second-order valence-corrected chi connectivity index (χ2v) is 5.65. The molecule has 2 atom stereocenters. The zero-order valence-electron chi connectivity index (χ0n) is 11.6. The van der Waals surface area contributed by atoms with Gasteiger partial charge in [-0.05, 0) is 51.2 Å². The molecule has 0 bridgehead atoms. The van der Waals surface area contributed by atoms with Gasteiger partial charge in [-0.1, -0.05) is 6.92 Å². The van der Waals surface area contributed by atoms with Gasteiger partial charge in [0.1, 0.15) is 0 Å². The Bertz CT molecular complexity index is 264. The maximum absolute atomic E-state index is 11.7. The van der Waals surface area contributed by atoms with Crippen LogP contribution < -0.4 is 10.6 Å². The van der Waals surface area contributed by atoms with E-state index in [4.69, 9.17) is 0 Å². The molecule has 2 aliphatic heterocycles. The zero-order valence-corrected chi connectivity index (χ0v) is 11.6. The van der Waals surface area contributed by atoms with Crippen LogP contribution in [0.5, 0.6) is 0 Å². The molecule has 2 heterocycles. The van der Waals surface area contributed by atoms with Crippen LogP contribution in [0, 0.1) is 5.92 Å². The lowest BCUT2D eigenvalue weighted by molar-refractivity contribution is -0.121. The summed E-state index contributed by atoms with van der Waals surface area (Å²) in [7, 11) is 0. The average Bonchev–Trinajstić information content (AvgIpc) is 2.62. The summed E-state index contributed by atoms with van der Waals surface area (Å²) in [6, 6.07) is 0.458. The molecular weight excluding hydrogens is 226 g/mol. The molecule has 2 saturated heterocycles. The molecule has 18 heavy (non-hydrogen) atoms. The Morgan fingerprint density at radius 2 is 2.11 bits per heavy atom. The van der Waals surface area contributed by atoms with E-state index < -0.39 is 0 Å². The molecule has 2 fully saturated rings. The summed E-state index contributed by atoms with van der Waals surface area (Å²) in [6.45, 7) is 7.62. The fourth-order valence-corrected chi connectivity index (χ4v) is 3.21. The van der Waals surface area contributed by atoms with Crippen LogP contribution >= 0.6 is 0 Å². The minimum absolute atomic E-state index is 0.234. The standard InChI is InChI=1S/C14H27N3O/c1-2-17(11-12-5-3-7-15-10-12)13-6-4-8-16-14(18)9-13/h12-13,15H,2-11H2,1H3,(H,16,18). The van der Waals surface area contributed by atoms with Gasteiger partial charge in [0.15, 0.2) is 0 Å². The van der Waals surface area contributed by atoms with Crippen molar-refractivity contribution in [2.75, 3.05) is 32.7 Å². The first-order valence-electron chi connectivity index (χ1n) is 7.51. The molecule has 2 rings (SSSR count). The summed E-state index contributed by atoms with van der Waals surface area (Å²) in [5.41, 5.74) is 0. The number of rotatable bonds is 4. The highest BCUT2D eigenvalue weighted by Crippen LogP contribution is 2.18. The molecule has 0 spiro atoms. The normalized spacial score (nSPS) is 30.0. The number of nitrogens with zero attached hydrogens (tertiary/aromatic N) is 1. The Kier molecular flexibility index (Phi) is 5.45. The lowest BCUT2D eigenvalue weighted by Crippen LogP contribution is -2.43. The third kappa shape index (κ3) is 3.95. The van der Waals surface area contributed by atoms with E-state index in [0.717, 1.165) is 44.9 Å². The van der Waals surface area contributed by atoms with Gasteiger partial charge in [-0.2, -0.15) is 0 Å². The third-order valence-corrected chi connectivity index (χ3v) is 4.27. The van der Waals surface area contributed by atoms with E-state index in [1.54, 1.807) is 0 Å². The zero-order chi connectivity index (χ0) is 12.8. The van der Waals surface area contributed by atoms with Crippen LogP contribution in [0.2, 0.25) is 0 Å². The van der Waals surface area contributed by atoms with Crippen molar-refractivity contribution in [1.29, 1.82) is 0 Å². The van der Waals surface area contributed by atoms with E-state index in [0.29, 0.717) is 12.5 Å². The van der Waals surface area contributed by atoms with Crippen LogP contribution in [0.3, 0.4) is 0 Å². The monoisotopic (exact) mass is 253 g/mol. The van der Waals surface area contributed by atoms with Crippen LogP contribution in [-0.4, -0.2) is 49.6 Å². The van der Waals surface area contributed by atoms with Gasteiger partial charge in [0, 0.05) is 25.6 Å². The molecule has 0 aliphatic carbocycles. The molecule has 0 aromatic carbocycles. The lowest BCUT2D eigenvalue weighted by Gasteiger charge is -2.34. The van der Waals surface area contributed by atoms with Crippen molar-refractivity contribution in [3.8, 4) is 0 Å². The van der Waals surface area contributed by atoms with Gasteiger partial charge in [0.05, 0.1) is 0 Å². The van der Waals surface area contributed by atoms with Gasteiger partial charge in [-0.3, -0.25) is 9.69 Å². The smallest absolute Gasteiger partial charge is 0.221 e. The van der Waals surface area contributed by atoms with Crippen molar-refractivity contribution in [1.82, 2.24) is 15.5 Å². The number of carbonyl (C=O) groups is 1. The van der Waals surface area contributed by atoms with Gasteiger partial charge in [0.25, 0.3) is 0 Å². The van der Waals surface area contributed by atoms with E-state index in [2.05, 4.69) is 22.5 Å². The first-order chi connectivity index (χ1) is 8.79. The highest BCUT2D eigenvalue weighted by atomic mass is 16.1. The highest BCUT2D eigenvalue weighted by Gasteiger charge is 2.25. The molecule has 0 radical (unpaired) electrons. The van der Waals surface area contributed by atoms with E-state index in [1.165, 1.54) is 19.4 Å². The number of hydrogen-bond donors (Lipinski definition) is 2. The molecule has 2 aliphatic rings. The van der Waals surface area contributed by atoms with Gasteiger partial charge < -0.3 is 10.6 Å². The van der Waals surface area contributed by atoms with Crippen LogP contribution in [0.4, 0.5) is 0 Å². The molecule has 4 heteroatoms. The van der Waals surface area contributed by atoms with Gasteiger partial charge in [-0.25, -0.2) is 0 Å². The molecule has 2 unspecified atom stereocenters. The molecular formula is C14H27N3O. The van der Waals surface area contributed by atoms with Crippen molar-refractivity contribution >= 4 is 5.91 Å². The lowest BCUT2D eigenvalue weighted by atomic mass is 9.97. The van der Waals surface area contributed by atoms with Crippen LogP contribution in [0.15, 0.2) is 0 Å². The summed E-state index contributed by atoms with van der Waals surface area (Å²) < 4.78 is 0. The second kappa shape index (κ2) is 7.10. The maximum atomic E-state index is 11.7. The first kappa shape index (κ1) is 13.8. The fourth-order valence-electron chi connectivity index (χ4n) is 3.21. The van der Waals surface area contributed by atoms with Gasteiger partial charge in [-0.15, -0.1) is 0 Å². The van der Waals surface area contributed by atoms with Crippen molar-refractivity contribution in [2.24, 2.45) is 5.92 Å². The first-order valence-corrected chi connectivity index (χ1v) is 7.51.